The number of aliphatic hydroxyl groups is 1. The number of carbonyl (C=O) groups is 3. The van der Waals surface area contributed by atoms with Gasteiger partial charge in [0, 0.05) is 42.3 Å². The largest absolute Gasteiger partial charge is 0.494 e. The second-order valence-electron chi connectivity index (χ2n) is 14.6. The Morgan fingerprint density at radius 1 is 1.11 bits per heavy atom. The fraction of sp³-hybridized carbons (Fsp3) is 0.639. The molecule has 3 aliphatic heterocycles. The number of alkyl halides is 1. The summed E-state index contributed by atoms with van der Waals surface area (Å²) in [5.41, 5.74) is -1.13. The van der Waals surface area contributed by atoms with Crippen molar-refractivity contribution in [1.29, 1.82) is 0 Å². The SMILES string of the molecule is C=CCN(C(=O)[C@H]1[C@H]2C(=O)N(CCCCO)C(C(=O)N(CC=C)C(C)(C)CC(C)(C)C)C23CC(Br)[C@@H]1O3)c1ccc(OCC)cc1. The van der Waals surface area contributed by atoms with Crippen molar-refractivity contribution >= 4 is 39.3 Å². The van der Waals surface area contributed by atoms with Gasteiger partial charge in [-0.25, -0.2) is 0 Å². The molecule has 4 rings (SSSR count). The normalized spacial score (nSPS) is 27.0. The molecule has 0 aromatic heterocycles. The Labute approximate surface area is 283 Å². The van der Waals surface area contributed by atoms with Crippen LogP contribution in [0.5, 0.6) is 5.75 Å². The number of amides is 3. The number of likely N-dealkylation sites (tertiary alicyclic amines) is 1. The number of hydrogen-bond donors (Lipinski definition) is 1. The van der Waals surface area contributed by atoms with E-state index in [9.17, 15) is 19.5 Å². The smallest absolute Gasteiger partial charge is 0.249 e. The van der Waals surface area contributed by atoms with E-state index in [-0.39, 0.29) is 47.7 Å². The molecule has 1 N–H and O–H groups in total. The highest BCUT2D eigenvalue weighted by molar-refractivity contribution is 9.09. The van der Waals surface area contributed by atoms with E-state index in [2.05, 4.69) is 63.7 Å². The topological polar surface area (TPSA) is 99.6 Å². The van der Waals surface area contributed by atoms with Crippen molar-refractivity contribution < 1.29 is 29.0 Å². The average Bonchev–Trinajstić information content (AvgIpc) is 3.57. The highest BCUT2D eigenvalue weighted by Crippen LogP contribution is 2.61. The van der Waals surface area contributed by atoms with E-state index in [0.717, 1.165) is 6.42 Å². The van der Waals surface area contributed by atoms with Gasteiger partial charge in [0.1, 0.15) is 17.4 Å². The van der Waals surface area contributed by atoms with E-state index in [0.29, 0.717) is 43.9 Å². The number of anilines is 1. The molecular formula is C36H52BrN3O6. The van der Waals surface area contributed by atoms with Gasteiger partial charge in [-0.2, -0.15) is 0 Å². The Bertz CT molecular complexity index is 1290. The van der Waals surface area contributed by atoms with Gasteiger partial charge in [0.25, 0.3) is 0 Å². The fourth-order valence-electron chi connectivity index (χ4n) is 8.15. The highest BCUT2D eigenvalue weighted by atomic mass is 79.9. The molecule has 3 aliphatic rings. The summed E-state index contributed by atoms with van der Waals surface area (Å²) in [6, 6.07) is 6.39. The predicted molar refractivity (Wildman–Crippen MR) is 184 cm³/mol. The van der Waals surface area contributed by atoms with Crippen LogP contribution in [0.25, 0.3) is 0 Å². The summed E-state index contributed by atoms with van der Waals surface area (Å²) in [4.78, 5) is 49.0. The van der Waals surface area contributed by atoms with E-state index in [1.54, 1.807) is 22.0 Å². The van der Waals surface area contributed by atoms with Gasteiger partial charge >= 0.3 is 0 Å². The van der Waals surface area contributed by atoms with E-state index in [4.69, 9.17) is 9.47 Å². The van der Waals surface area contributed by atoms with Crippen molar-refractivity contribution in [3.63, 3.8) is 0 Å². The summed E-state index contributed by atoms with van der Waals surface area (Å²) in [5, 5.41) is 9.55. The van der Waals surface area contributed by atoms with Crippen LogP contribution in [-0.2, 0) is 19.1 Å². The molecule has 3 fully saturated rings. The van der Waals surface area contributed by atoms with Gasteiger partial charge in [-0.15, -0.1) is 13.2 Å². The van der Waals surface area contributed by atoms with Gasteiger partial charge in [0.15, 0.2) is 0 Å². The maximum Gasteiger partial charge on any atom is 0.249 e. The number of rotatable bonds is 15. The molecular weight excluding hydrogens is 650 g/mol. The van der Waals surface area contributed by atoms with Gasteiger partial charge in [0.2, 0.25) is 17.7 Å². The first-order valence-electron chi connectivity index (χ1n) is 16.5. The first-order chi connectivity index (χ1) is 21.7. The average molecular weight is 703 g/mol. The zero-order chi connectivity index (χ0) is 34.0. The standard InChI is InChI=1S/C36H52BrN3O6/c1-9-18-38(24-14-16-25(17-15-24)45-11-3)31(42)27-28-32(43)39(20-12-13-21-41)30(36(28)22-26(37)29(27)46-36)33(44)40(19-10-2)35(7,8)23-34(4,5)6/h9-10,14-17,26-30,41H,1-2,11-13,18-23H2,3-8H3/t26?,27-,28-,29-,30?,36?/m0/s1. The van der Waals surface area contributed by atoms with E-state index < -0.39 is 35.1 Å². The Hall–Kier alpha value is -2.69. The molecule has 2 bridgehead atoms. The molecule has 254 valence electrons. The number of aliphatic hydroxyl groups excluding tert-OH is 1. The summed E-state index contributed by atoms with van der Waals surface area (Å²) in [5.74, 6) is -1.60. The third kappa shape index (κ3) is 6.81. The van der Waals surface area contributed by atoms with Gasteiger partial charge in [-0.3, -0.25) is 14.4 Å². The Balaban J connectivity index is 1.78. The van der Waals surface area contributed by atoms with Crippen molar-refractivity contribution in [2.24, 2.45) is 17.3 Å². The summed E-state index contributed by atoms with van der Waals surface area (Å²) in [7, 11) is 0. The third-order valence-electron chi connectivity index (χ3n) is 9.42. The van der Waals surface area contributed by atoms with Crippen LogP contribution in [0.1, 0.15) is 67.2 Å². The Morgan fingerprint density at radius 3 is 2.33 bits per heavy atom. The minimum Gasteiger partial charge on any atom is -0.494 e. The second kappa shape index (κ2) is 14.2. The molecule has 3 heterocycles. The van der Waals surface area contributed by atoms with Gasteiger partial charge in [-0.05, 0) is 76.1 Å². The third-order valence-corrected chi connectivity index (χ3v) is 10.3. The molecule has 6 atom stereocenters. The summed E-state index contributed by atoms with van der Waals surface area (Å²) < 4.78 is 12.4. The number of benzene rings is 1. The molecule has 0 saturated carbocycles. The van der Waals surface area contributed by atoms with Gasteiger partial charge in [-0.1, -0.05) is 48.9 Å². The quantitative estimate of drug-likeness (QED) is 0.150. The lowest BCUT2D eigenvalue weighted by atomic mass is 9.70. The molecule has 1 aromatic rings. The summed E-state index contributed by atoms with van der Waals surface area (Å²) >= 11 is 3.80. The lowest BCUT2D eigenvalue weighted by Crippen LogP contribution is -2.61. The van der Waals surface area contributed by atoms with Crippen molar-refractivity contribution in [3.05, 3.63) is 49.6 Å². The minimum absolute atomic E-state index is 0.0157. The monoisotopic (exact) mass is 701 g/mol. The first-order valence-corrected chi connectivity index (χ1v) is 17.4. The first kappa shape index (κ1) is 36.2. The maximum atomic E-state index is 14.9. The number of unbranched alkanes of at least 4 members (excludes halogenated alkanes) is 1. The summed E-state index contributed by atoms with van der Waals surface area (Å²) in [6.45, 7) is 21.6. The molecule has 3 unspecified atom stereocenters. The van der Waals surface area contributed by atoms with Crippen molar-refractivity contribution in [3.8, 4) is 5.75 Å². The summed E-state index contributed by atoms with van der Waals surface area (Å²) in [6.07, 6.45) is 4.98. The van der Waals surface area contributed by atoms with Crippen LogP contribution >= 0.6 is 15.9 Å². The maximum absolute atomic E-state index is 14.9. The molecule has 3 amide bonds. The second-order valence-corrected chi connectivity index (χ2v) is 15.8. The van der Waals surface area contributed by atoms with Crippen LogP contribution in [-0.4, -0.2) is 93.6 Å². The molecule has 1 aromatic carbocycles. The number of hydrogen-bond acceptors (Lipinski definition) is 6. The van der Waals surface area contributed by atoms with E-state index in [1.165, 1.54) is 0 Å². The van der Waals surface area contributed by atoms with Crippen LogP contribution in [0.2, 0.25) is 0 Å². The molecule has 1 spiro atoms. The van der Waals surface area contributed by atoms with Crippen LogP contribution in [0, 0.1) is 17.3 Å². The zero-order valence-electron chi connectivity index (χ0n) is 28.3. The van der Waals surface area contributed by atoms with Crippen molar-refractivity contribution in [1.82, 2.24) is 9.80 Å². The number of carbonyl (C=O) groups excluding carboxylic acids is 3. The number of halogens is 1. The van der Waals surface area contributed by atoms with E-state index >= 15 is 0 Å². The number of ether oxygens (including phenoxy) is 2. The van der Waals surface area contributed by atoms with Crippen molar-refractivity contribution in [2.45, 2.75) is 95.3 Å². The van der Waals surface area contributed by atoms with Gasteiger partial charge in [0.05, 0.1) is 24.5 Å². The molecule has 46 heavy (non-hydrogen) atoms. The zero-order valence-corrected chi connectivity index (χ0v) is 29.9. The lowest BCUT2D eigenvalue weighted by molar-refractivity contribution is -0.152. The molecule has 0 aliphatic carbocycles. The van der Waals surface area contributed by atoms with Crippen LogP contribution in [0.4, 0.5) is 5.69 Å². The highest BCUT2D eigenvalue weighted by Gasteiger charge is 2.77. The van der Waals surface area contributed by atoms with Crippen LogP contribution in [0.3, 0.4) is 0 Å². The molecule has 10 heteroatoms. The lowest BCUT2D eigenvalue weighted by Gasteiger charge is -2.45. The fourth-order valence-corrected chi connectivity index (χ4v) is 9.09. The predicted octanol–water partition coefficient (Wildman–Crippen LogP) is 5.35. The Morgan fingerprint density at radius 2 is 1.76 bits per heavy atom. The van der Waals surface area contributed by atoms with E-state index in [1.807, 2.05) is 36.1 Å². The number of fused-ring (bicyclic) bond motifs is 1. The molecule has 3 saturated heterocycles. The molecule has 9 nitrogen and oxygen atoms in total. The Kier molecular flexibility index (Phi) is 11.2. The minimum atomic E-state index is -1.18. The van der Waals surface area contributed by atoms with Crippen molar-refractivity contribution in [2.75, 3.05) is 37.7 Å². The van der Waals surface area contributed by atoms with Crippen LogP contribution in [0.15, 0.2) is 49.6 Å². The molecule has 0 radical (unpaired) electrons. The number of nitrogens with zero attached hydrogens (tertiary/aromatic N) is 3. The van der Waals surface area contributed by atoms with Crippen LogP contribution < -0.4 is 9.64 Å². The van der Waals surface area contributed by atoms with Gasteiger partial charge < -0.3 is 29.3 Å².